The molecule has 1 heterocycles. The number of para-hydroxylation sites is 1. The number of rotatable bonds is 6. The summed E-state index contributed by atoms with van der Waals surface area (Å²) < 4.78 is 14.1. The zero-order valence-corrected chi connectivity index (χ0v) is 19.0. The third kappa shape index (κ3) is 4.91. The number of halogens is 2. The molecule has 2 N–H and O–H groups in total. The highest BCUT2D eigenvalue weighted by Crippen LogP contribution is 2.27. The second kappa shape index (κ2) is 9.37. The van der Waals surface area contributed by atoms with Crippen LogP contribution in [0.3, 0.4) is 0 Å². The van der Waals surface area contributed by atoms with Crippen LogP contribution in [0.4, 0.5) is 16.2 Å². The van der Waals surface area contributed by atoms with Gasteiger partial charge in [-0.15, -0.1) is 0 Å². The number of nitrogens with zero attached hydrogens (tertiary/aromatic N) is 3. The fourth-order valence-corrected chi connectivity index (χ4v) is 4.43. The standard InChI is InChI=1S/C24H29ClFN5/c1-15-8-13-20(26)19(22(15)25)14-27-16-9-11-17(12-10-16)28-24-29-21-7-5-4-6-18(21)23(30-24)31(2)3/h4-8,13,16-17,27H,9-12,14H2,1-3H3,(H,28,29,30)/t16-,17+. The first-order valence-electron chi connectivity index (χ1n) is 10.8. The molecule has 0 spiro atoms. The Balaban J connectivity index is 1.36. The summed E-state index contributed by atoms with van der Waals surface area (Å²) in [5, 5.41) is 8.59. The number of nitrogens with one attached hydrogen (secondary N) is 2. The normalized spacial score (nSPS) is 18.9. The second-order valence-corrected chi connectivity index (χ2v) is 8.89. The van der Waals surface area contributed by atoms with Gasteiger partial charge in [-0.1, -0.05) is 29.8 Å². The molecule has 0 amide bonds. The minimum atomic E-state index is -0.247. The molecule has 164 valence electrons. The van der Waals surface area contributed by atoms with Crippen molar-refractivity contribution in [2.75, 3.05) is 24.3 Å². The second-order valence-electron chi connectivity index (χ2n) is 8.51. The number of fused-ring (bicyclic) bond motifs is 1. The summed E-state index contributed by atoms with van der Waals surface area (Å²) in [6, 6.07) is 12.0. The van der Waals surface area contributed by atoms with E-state index in [1.165, 1.54) is 6.07 Å². The van der Waals surface area contributed by atoms with Gasteiger partial charge in [0.2, 0.25) is 5.95 Å². The van der Waals surface area contributed by atoms with Gasteiger partial charge in [0, 0.05) is 43.7 Å². The lowest BCUT2D eigenvalue weighted by Crippen LogP contribution is -2.37. The minimum absolute atomic E-state index is 0.247. The van der Waals surface area contributed by atoms with Gasteiger partial charge in [0.1, 0.15) is 11.6 Å². The van der Waals surface area contributed by atoms with Gasteiger partial charge in [0.25, 0.3) is 0 Å². The lowest BCUT2D eigenvalue weighted by atomic mass is 9.91. The molecular weight excluding hydrogens is 413 g/mol. The van der Waals surface area contributed by atoms with Crippen LogP contribution in [-0.2, 0) is 6.54 Å². The molecule has 31 heavy (non-hydrogen) atoms. The molecule has 3 aromatic rings. The van der Waals surface area contributed by atoms with Gasteiger partial charge < -0.3 is 15.5 Å². The molecule has 0 aliphatic heterocycles. The molecule has 0 saturated heterocycles. The Kier molecular flexibility index (Phi) is 6.58. The monoisotopic (exact) mass is 441 g/mol. The van der Waals surface area contributed by atoms with Crippen LogP contribution in [0.25, 0.3) is 10.9 Å². The predicted molar refractivity (Wildman–Crippen MR) is 127 cm³/mol. The first-order chi connectivity index (χ1) is 14.9. The highest BCUT2D eigenvalue weighted by Gasteiger charge is 2.23. The third-order valence-electron chi connectivity index (χ3n) is 6.01. The van der Waals surface area contributed by atoms with Gasteiger partial charge in [-0.25, -0.2) is 9.37 Å². The van der Waals surface area contributed by atoms with Crippen LogP contribution in [0.5, 0.6) is 0 Å². The molecule has 0 bridgehead atoms. The van der Waals surface area contributed by atoms with E-state index in [0.29, 0.717) is 35.2 Å². The first-order valence-corrected chi connectivity index (χ1v) is 11.2. The summed E-state index contributed by atoms with van der Waals surface area (Å²) >= 11 is 6.30. The van der Waals surface area contributed by atoms with Crippen molar-refractivity contribution in [1.29, 1.82) is 0 Å². The number of aromatic nitrogens is 2. The van der Waals surface area contributed by atoms with E-state index in [9.17, 15) is 4.39 Å². The summed E-state index contributed by atoms with van der Waals surface area (Å²) in [5.74, 6) is 1.34. The Labute approximate surface area is 188 Å². The Morgan fingerprint density at radius 2 is 1.74 bits per heavy atom. The Morgan fingerprint density at radius 1 is 1.03 bits per heavy atom. The van der Waals surface area contributed by atoms with E-state index < -0.39 is 0 Å². The lowest BCUT2D eigenvalue weighted by Gasteiger charge is -2.30. The average molecular weight is 442 g/mol. The summed E-state index contributed by atoms with van der Waals surface area (Å²) in [6.45, 7) is 2.35. The fourth-order valence-electron chi connectivity index (χ4n) is 4.21. The zero-order valence-electron chi connectivity index (χ0n) is 18.3. The van der Waals surface area contributed by atoms with Crippen LogP contribution in [-0.4, -0.2) is 36.1 Å². The summed E-state index contributed by atoms with van der Waals surface area (Å²) in [4.78, 5) is 11.5. The molecule has 0 radical (unpaired) electrons. The van der Waals surface area contributed by atoms with Crippen LogP contribution in [0, 0.1) is 12.7 Å². The fraction of sp³-hybridized carbons (Fsp3) is 0.417. The van der Waals surface area contributed by atoms with E-state index in [1.54, 1.807) is 6.07 Å². The Morgan fingerprint density at radius 3 is 2.48 bits per heavy atom. The molecule has 0 atom stereocenters. The first kappa shape index (κ1) is 21.8. The number of anilines is 2. The average Bonchev–Trinajstić information content (AvgIpc) is 2.77. The molecule has 1 fully saturated rings. The highest BCUT2D eigenvalue weighted by atomic mass is 35.5. The lowest BCUT2D eigenvalue weighted by molar-refractivity contribution is 0.350. The van der Waals surface area contributed by atoms with Crippen molar-refractivity contribution >= 4 is 34.3 Å². The maximum Gasteiger partial charge on any atom is 0.225 e. The quantitative estimate of drug-likeness (QED) is 0.543. The molecule has 4 rings (SSSR count). The van der Waals surface area contributed by atoms with E-state index in [0.717, 1.165) is 48.0 Å². The molecular formula is C24H29ClFN5. The number of benzene rings is 2. The van der Waals surface area contributed by atoms with Crippen LogP contribution >= 0.6 is 11.6 Å². The Hall–Kier alpha value is -2.44. The Bertz CT molecular complexity index is 1060. The molecule has 7 heteroatoms. The minimum Gasteiger partial charge on any atom is -0.362 e. The topological polar surface area (TPSA) is 53.1 Å². The van der Waals surface area contributed by atoms with Gasteiger partial charge in [0.05, 0.1) is 10.5 Å². The molecule has 1 aliphatic carbocycles. The highest BCUT2D eigenvalue weighted by molar-refractivity contribution is 6.32. The van der Waals surface area contributed by atoms with E-state index in [1.807, 2.05) is 44.1 Å². The molecule has 0 unspecified atom stereocenters. The van der Waals surface area contributed by atoms with E-state index >= 15 is 0 Å². The zero-order chi connectivity index (χ0) is 22.0. The van der Waals surface area contributed by atoms with Crippen molar-refractivity contribution in [3.05, 3.63) is 58.4 Å². The number of hydrogen-bond donors (Lipinski definition) is 2. The summed E-state index contributed by atoms with van der Waals surface area (Å²) in [7, 11) is 4.00. The van der Waals surface area contributed by atoms with Crippen LogP contribution in [0.15, 0.2) is 36.4 Å². The molecule has 5 nitrogen and oxygen atoms in total. The van der Waals surface area contributed by atoms with Crippen molar-refractivity contribution in [2.45, 2.75) is 51.2 Å². The van der Waals surface area contributed by atoms with Crippen molar-refractivity contribution in [3.63, 3.8) is 0 Å². The van der Waals surface area contributed by atoms with Crippen LogP contribution < -0.4 is 15.5 Å². The van der Waals surface area contributed by atoms with E-state index in [-0.39, 0.29) is 5.82 Å². The van der Waals surface area contributed by atoms with Crippen molar-refractivity contribution < 1.29 is 4.39 Å². The predicted octanol–water partition coefficient (Wildman–Crippen LogP) is 5.31. The largest absolute Gasteiger partial charge is 0.362 e. The van der Waals surface area contributed by atoms with Gasteiger partial charge in [-0.05, 0) is 56.4 Å². The van der Waals surface area contributed by atoms with Gasteiger partial charge in [0.15, 0.2) is 0 Å². The number of aryl methyl sites for hydroxylation is 1. The maximum absolute atomic E-state index is 14.1. The van der Waals surface area contributed by atoms with Crippen LogP contribution in [0.2, 0.25) is 5.02 Å². The summed E-state index contributed by atoms with van der Waals surface area (Å²) in [6.07, 6.45) is 4.04. The number of hydrogen-bond acceptors (Lipinski definition) is 5. The third-order valence-corrected chi connectivity index (χ3v) is 6.54. The molecule has 1 aliphatic rings. The summed E-state index contributed by atoms with van der Waals surface area (Å²) in [5.41, 5.74) is 2.40. The molecule has 1 saturated carbocycles. The molecule has 1 aromatic heterocycles. The smallest absolute Gasteiger partial charge is 0.225 e. The maximum atomic E-state index is 14.1. The van der Waals surface area contributed by atoms with Gasteiger partial charge >= 0.3 is 0 Å². The van der Waals surface area contributed by atoms with Crippen LogP contribution in [0.1, 0.15) is 36.8 Å². The van der Waals surface area contributed by atoms with Crippen molar-refractivity contribution in [1.82, 2.24) is 15.3 Å². The van der Waals surface area contributed by atoms with Gasteiger partial charge in [-0.3, -0.25) is 0 Å². The van der Waals surface area contributed by atoms with Gasteiger partial charge in [-0.2, -0.15) is 4.98 Å². The van der Waals surface area contributed by atoms with Crippen molar-refractivity contribution in [3.8, 4) is 0 Å². The SMILES string of the molecule is Cc1ccc(F)c(CN[C@H]2CC[C@@H](Nc3nc(N(C)C)c4ccccc4n3)CC2)c1Cl. The van der Waals surface area contributed by atoms with E-state index in [2.05, 4.69) is 16.7 Å². The van der Waals surface area contributed by atoms with E-state index in [4.69, 9.17) is 21.6 Å². The molecule has 2 aromatic carbocycles. The van der Waals surface area contributed by atoms with Crippen molar-refractivity contribution in [2.24, 2.45) is 0 Å².